The number of piperidine rings is 1. The summed E-state index contributed by atoms with van der Waals surface area (Å²) in [5.41, 5.74) is -0.136. The molecule has 336 valence electrons. The average Bonchev–Trinajstić information content (AvgIpc) is 3.85. The number of cyclic esters (lactones) is 1. The molecule has 0 unspecified atom stereocenters. The van der Waals surface area contributed by atoms with Gasteiger partial charge in [0.2, 0.25) is 29.5 Å². The standard InChI is InChI=1S/C41H48F5N7O9/c1-21-15-32-39(59)61-23(3)33(38(58)52-14-6-8-31(52)37(57)51-13-5-4-7-30(51)35(55)47-22(2)36(56)53(32)20-21)50-34(54)29(18-24-16-25(42)19-26(43)17-24)49-40(60)48-27-9-11-28(12-10-27)62-41(44,45)46/h9-12,16-17,19,21-23,29-33H,4-8,13-15,18,20H2,1-3H3,(H,47,55)(H,50,54)(H2,48,49,60)/t21-,22+,23+,29+,30+,31+,32+,33+/m1/s1. The van der Waals surface area contributed by atoms with Gasteiger partial charge in [-0.3, -0.25) is 24.0 Å². The van der Waals surface area contributed by atoms with Gasteiger partial charge in [-0.15, -0.1) is 13.2 Å². The van der Waals surface area contributed by atoms with Crippen LogP contribution >= 0.6 is 0 Å². The van der Waals surface area contributed by atoms with E-state index in [9.17, 15) is 55.5 Å². The molecule has 4 saturated heterocycles. The van der Waals surface area contributed by atoms with Gasteiger partial charge in [0.1, 0.15) is 59.7 Å². The van der Waals surface area contributed by atoms with E-state index in [1.807, 2.05) is 6.92 Å². The second-order valence-electron chi connectivity index (χ2n) is 16.1. The summed E-state index contributed by atoms with van der Waals surface area (Å²) >= 11 is 0. The normalized spacial score (nSPS) is 26.7. The third-order valence-electron chi connectivity index (χ3n) is 11.4. The third kappa shape index (κ3) is 10.9. The van der Waals surface area contributed by atoms with Crippen LogP contribution in [0.4, 0.5) is 32.4 Å². The quantitative estimate of drug-likeness (QED) is 0.239. The molecular formula is C41H48F5N7O9. The summed E-state index contributed by atoms with van der Waals surface area (Å²) in [4.78, 5) is 102. The number of urea groups is 1. The highest BCUT2D eigenvalue weighted by Crippen LogP contribution is 2.29. The van der Waals surface area contributed by atoms with Crippen LogP contribution in [0.2, 0.25) is 0 Å². The number of benzene rings is 2. The Balaban J connectivity index is 1.32. The summed E-state index contributed by atoms with van der Waals surface area (Å²) in [7, 11) is 0. The number of esters is 1. The molecule has 0 saturated carbocycles. The lowest BCUT2D eigenvalue weighted by atomic mass is 9.99. The van der Waals surface area contributed by atoms with Crippen molar-refractivity contribution in [1.82, 2.24) is 30.7 Å². The lowest BCUT2D eigenvalue weighted by molar-refractivity contribution is -0.274. The Kier molecular flexibility index (Phi) is 13.9. The number of nitrogens with one attached hydrogen (secondary N) is 4. The van der Waals surface area contributed by atoms with E-state index in [2.05, 4.69) is 26.0 Å². The van der Waals surface area contributed by atoms with Gasteiger partial charge in [-0.2, -0.15) is 0 Å². The number of ether oxygens (including phenoxy) is 2. The van der Waals surface area contributed by atoms with Crippen molar-refractivity contribution in [3.8, 4) is 5.75 Å². The summed E-state index contributed by atoms with van der Waals surface area (Å²) in [5.74, 6) is -7.23. The Morgan fingerprint density at radius 3 is 2.16 bits per heavy atom. The SMILES string of the molecule is C[C@@H]1C[C@H]2C(=O)O[C@@H](C)[C@H](NC(=O)[C@H](Cc3cc(F)cc(F)c3)NC(=O)Nc3ccc(OC(F)(F)F)cc3)C(=O)N3CCC[C@H]3C(=O)N3CCCC[C@H]3C(=O)N[C@@H](C)C(=O)N2C1. The van der Waals surface area contributed by atoms with Gasteiger partial charge in [0.15, 0.2) is 0 Å². The zero-order valence-corrected chi connectivity index (χ0v) is 34.1. The second-order valence-corrected chi connectivity index (χ2v) is 16.1. The molecule has 4 aliphatic rings. The number of hydrogen-bond donors (Lipinski definition) is 4. The Bertz CT molecular complexity index is 2040. The predicted molar refractivity (Wildman–Crippen MR) is 208 cm³/mol. The van der Waals surface area contributed by atoms with Gasteiger partial charge in [-0.25, -0.2) is 18.4 Å². The van der Waals surface area contributed by atoms with Crippen LogP contribution in [-0.4, -0.2) is 125 Å². The van der Waals surface area contributed by atoms with Crippen LogP contribution in [0.1, 0.15) is 64.9 Å². The number of fused-ring (bicyclic) bond motifs is 3. The maximum absolute atomic E-state index is 14.7. The van der Waals surface area contributed by atoms with Gasteiger partial charge < -0.3 is 45.4 Å². The minimum Gasteiger partial charge on any atom is -0.458 e. The molecule has 4 aliphatic heterocycles. The van der Waals surface area contributed by atoms with Crippen molar-refractivity contribution < 1.29 is 65.0 Å². The summed E-state index contributed by atoms with van der Waals surface area (Å²) < 4.78 is 76.4. The average molecular weight is 878 g/mol. The molecule has 0 aromatic heterocycles. The summed E-state index contributed by atoms with van der Waals surface area (Å²) in [6, 6.07) is -2.32. The van der Waals surface area contributed by atoms with E-state index in [0.717, 1.165) is 36.4 Å². The third-order valence-corrected chi connectivity index (χ3v) is 11.4. The maximum Gasteiger partial charge on any atom is 0.573 e. The van der Waals surface area contributed by atoms with Crippen molar-refractivity contribution in [3.63, 3.8) is 0 Å². The monoisotopic (exact) mass is 877 g/mol. The minimum absolute atomic E-state index is 0.0393. The number of hydrogen-bond acceptors (Lipinski definition) is 9. The van der Waals surface area contributed by atoms with E-state index in [4.69, 9.17) is 4.74 Å². The summed E-state index contributed by atoms with van der Waals surface area (Å²) in [6.45, 7) is 5.04. The number of rotatable bonds is 7. The molecule has 4 N–H and O–H groups in total. The van der Waals surface area contributed by atoms with Crippen LogP contribution in [0.5, 0.6) is 5.75 Å². The van der Waals surface area contributed by atoms with E-state index in [1.54, 1.807) is 0 Å². The van der Waals surface area contributed by atoms with Crippen LogP contribution in [0, 0.1) is 17.6 Å². The number of halogens is 5. The van der Waals surface area contributed by atoms with Crippen molar-refractivity contribution in [2.45, 2.75) is 114 Å². The Morgan fingerprint density at radius 1 is 0.839 bits per heavy atom. The fourth-order valence-electron chi connectivity index (χ4n) is 8.46. The van der Waals surface area contributed by atoms with Crippen LogP contribution in [-0.2, 0) is 39.9 Å². The smallest absolute Gasteiger partial charge is 0.458 e. The van der Waals surface area contributed by atoms with Gasteiger partial charge in [0, 0.05) is 37.8 Å². The molecule has 16 nitrogen and oxygen atoms in total. The first-order chi connectivity index (χ1) is 29.3. The molecule has 62 heavy (non-hydrogen) atoms. The topological polar surface area (TPSA) is 196 Å². The number of carbonyl (C=O) groups excluding carboxylic acids is 7. The van der Waals surface area contributed by atoms with Crippen molar-refractivity contribution >= 4 is 47.2 Å². The number of amides is 7. The molecule has 0 bridgehead atoms. The lowest BCUT2D eigenvalue weighted by Crippen LogP contribution is -2.63. The highest BCUT2D eigenvalue weighted by atomic mass is 19.4. The van der Waals surface area contributed by atoms with Gasteiger partial charge in [0.25, 0.3) is 0 Å². The maximum atomic E-state index is 14.7. The fourth-order valence-corrected chi connectivity index (χ4v) is 8.46. The van der Waals surface area contributed by atoms with E-state index in [0.29, 0.717) is 31.7 Å². The molecule has 4 heterocycles. The van der Waals surface area contributed by atoms with Crippen LogP contribution < -0.4 is 26.0 Å². The first-order valence-corrected chi connectivity index (χ1v) is 20.4. The summed E-state index contributed by atoms with van der Waals surface area (Å²) in [5, 5.41) is 9.98. The number of alkyl halides is 3. The first-order valence-electron chi connectivity index (χ1n) is 20.4. The van der Waals surface area contributed by atoms with Crippen LogP contribution in [0.3, 0.4) is 0 Å². The highest BCUT2D eigenvalue weighted by molar-refractivity contribution is 5.99. The molecule has 2 aromatic rings. The second kappa shape index (κ2) is 18.9. The fraction of sp³-hybridized carbons (Fsp3) is 0.537. The van der Waals surface area contributed by atoms with Crippen molar-refractivity contribution in [2.75, 3.05) is 25.0 Å². The minimum atomic E-state index is -4.97. The highest BCUT2D eigenvalue weighted by Gasteiger charge is 2.47. The molecule has 4 fully saturated rings. The van der Waals surface area contributed by atoms with Gasteiger partial charge in [-0.05, 0) is 100 Å². The predicted octanol–water partition coefficient (Wildman–Crippen LogP) is 3.14. The molecule has 7 amide bonds. The molecular weight excluding hydrogens is 829 g/mol. The van der Waals surface area contributed by atoms with Crippen molar-refractivity contribution in [2.24, 2.45) is 5.92 Å². The zero-order valence-electron chi connectivity index (χ0n) is 34.1. The Labute approximate surface area is 353 Å². The zero-order chi connectivity index (χ0) is 45.0. The molecule has 0 aliphatic carbocycles. The van der Waals surface area contributed by atoms with E-state index >= 15 is 0 Å². The Hall–Kier alpha value is -6.02. The van der Waals surface area contributed by atoms with Gasteiger partial charge >= 0.3 is 18.4 Å². The van der Waals surface area contributed by atoms with Crippen LogP contribution in [0.25, 0.3) is 0 Å². The Morgan fingerprint density at radius 2 is 1.48 bits per heavy atom. The van der Waals surface area contributed by atoms with E-state index in [-0.39, 0.29) is 49.6 Å². The largest absolute Gasteiger partial charge is 0.573 e. The molecule has 0 radical (unpaired) electrons. The number of nitrogens with zero attached hydrogens (tertiary/aromatic N) is 3. The van der Waals surface area contributed by atoms with E-state index < -0.39 is 114 Å². The van der Waals surface area contributed by atoms with Gasteiger partial charge in [0.05, 0.1) is 0 Å². The van der Waals surface area contributed by atoms with Crippen molar-refractivity contribution in [3.05, 3.63) is 59.7 Å². The molecule has 2 aromatic carbocycles. The molecule has 8 atom stereocenters. The number of anilines is 1. The van der Waals surface area contributed by atoms with Crippen LogP contribution in [0.15, 0.2) is 42.5 Å². The lowest BCUT2D eigenvalue weighted by Gasteiger charge is -2.39. The van der Waals surface area contributed by atoms with Crippen molar-refractivity contribution in [1.29, 1.82) is 0 Å². The summed E-state index contributed by atoms with van der Waals surface area (Å²) in [6.07, 6.45) is -4.73. The van der Waals surface area contributed by atoms with E-state index in [1.165, 1.54) is 28.5 Å². The number of carbonyl (C=O) groups is 7. The van der Waals surface area contributed by atoms with Gasteiger partial charge in [-0.1, -0.05) is 6.92 Å². The molecule has 6 rings (SSSR count). The molecule has 21 heteroatoms. The first kappa shape index (κ1) is 45.5. The molecule has 0 spiro atoms.